The number of amides is 2. The Hall–Kier alpha value is -2.93. The molecule has 0 aliphatic carbocycles. The molecule has 7 nitrogen and oxygen atoms in total. The molecule has 2 aromatic rings. The van der Waals surface area contributed by atoms with Gasteiger partial charge in [-0.3, -0.25) is 14.5 Å². The first-order valence-corrected chi connectivity index (χ1v) is 7.91. The predicted molar refractivity (Wildman–Crippen MR) is 92.1 cm³/mol. The monoisotopic (exact) mass is 341 g/mol. The maximum atomic E-state index is 13.0. The lowest BCUT2D eigenvalue weighted by Gasteiger charge is -2.22. The summed E-state index contributed by atoms with van der Waals surface area (Å²) < 4.78 is 10.7. The maximum absolute atomic E-state index is 13.0. The summed E-state index contributed by atoms with van der Waals surface area (Å²) >= 11 is 0. The minimum absolute atomic E-state index is 0.114. The van der Waals surface area contributed by atoms with Gasteiger partial charge in [0.05, 0.1) is 12.3 Å². The Labute approximate surface area is 145 Å². The van der Waals surface area contributed by atoms with E-state index in [9.17, 15) is 9.59 Å². The predicted octanol–water partition coefficient (Wildman–Crippen LogP) is 1.91. The molecule has 0 radical (unpaired) electrons. The highest BCUT2D eigenvalue weighted by atomic mass is 16.5. The van der Waals surface area contributed by atoms with Crippen LogP contribution in [0.2, 0.25) is 0 Å². The van der Waals surface area contributed by atoms with Crippen molar-refractivity contribution in [1.82, 2.24) is 10.3 Å². The van der Waals surface area contributed by atoms with Crippen LogP contribution in [0.5, 0.6) is 11.6 Å². The molecule has 1 aliphatic heterocycles. The molecule has 0 unspecified atom stereocenters. The van der Waals surface area contributed by atoms with Gasteiger partial charge < -0.3 is 14.8 Å². The molecule has 1 aromatic heterocycles. The highest BCUT2D eigenvalue weighted by Crippen LogP contribution is 2.38. The maximum Gasteiger partial charge on any atom is 0.264 e. The summed E-state index contributed by atoms with van der Waals surface area (Å²) in [5.41, 5.74) is 1.82. The largest absolute Gasteiger partial charge is 0.436 e. The Balaban J connectivity index is 1.96. The molecule has 7 heteroatoms. The van der Waals surface area contributed by atoms with Crippen LogP contribution in [0.3, 0.4) is 0 Å². The van der Waals surface area contributed by atoms with Crippen LogP contribution in [0.1, 0.15) is 15.9 Å². The van der Waals surface area contributed by atoms with Crippen LogP contribution in [0, 0.1) is 6.92 Å². The van der Waals surface area contributed by atoms with E-state index in [1.54, 1.807) is 31.5 Å². The van der Waals surface area contributed by atoms with Gasteiger partial charge in [-0.2, -0.15) is 0 Å². The molecule has 130 valence electrons. The Morgan fingerprint density at radius 1 is 1.36 bits per heavy atom. The Kier molecular flexibility index (Phi) is 4.95. The molecule has 0 saturated carbocycles. The summed E-state index contributed by atoms with van der Waals surface area (Å²) in [6.07, 6.45) is 1.56. The zero-order chi connectivity index (χ0) is 17.8. The second-order valence-corrected chi connectivity index (χ2v) is 5.66. The molecule has 1 N–H and O–H groups in total. The fraction of sp³-hybridized carbons (Fsp3) is 0.278. The molecular formula is C18H19N3O4. The minimum Gasteiger partial charge on any atom is -0.436 e. The van der Waals surface area contributed by atoms with Gasteiger partial charge >= 0.3 is 0 Å². The lowest BCUT2D eigenvalue weighted by atomic mass is 10.1. The van der Waals surface area contributed by atoms with E-state index < -0.39 is 0 Å². The first kappa shape index (κ1) is 16.9. The molecule has 25 heavy (non-hydrogen) atoms. The van der Waals surface area contributed by atoms with Gasteiger partial charge in [-0.25, -0.2) is 4.98 Å². The second-order valence-electron chi connectivity index (χ2n) is 5.66. The number of ether oxygens (including phenoxy) is 2. The van der Waals surface area contributed by atoms with Crippen molar-refractivity contribution in [3.8, 4) is 11.6 Å². The number of nitrogens with zero attached hydrogens (tertiary/aromatic N) is 2. The topological polar surface area (TPSA) is 80.8 Å². The molecule has 0 atom stereocenters. The quantitative estimate of drug-likeness (QED) is 0.840. The van der Waals surface area contributed by atoms with E-state index in [-0.39, 0.29) is 24.2 Å². The van der Waals surface area contributed by atoms with Gasteiger partial charge in [0.15, 0.2) is 5.75 Å². The number of pyridine rings is 1. The standard InChI is InChI=1S/C18H19N3O4/c1-12-5-6-15-14(10-12)21(11-16(22)19-8-9-24-2)18(23)13-4-3-7-20-17(13)25-15/h3-7,10H,8-9,11H2,1-2H3,(H,19,22). The van der Waals surface area contributed by atoms with Crippen LogP contribution in [0.25, 0.3) is 0 Å². The number of nitrogens with one attached hydrogen (secondary N) is 1. The van der Waals surface area contributed by atoms with E-state index in [0.717, 1.165) is 5.56 Å². The lowest BCUT2D eigenvalue weighted by Crippen LogP contribution is -2.41. The summed E-state index contributed by atoms with van der Waals surface area (Å²) in [6.45, 7) is 2.59. The van der Waals surface area contributed by atoms with Gasteiger partial charge in [0.2, 0.25) is 11.8 Å². The number of carbonyl (C=O) groups is 2. The van der Waals surface area contributed by atoms with Gasteiger partial charge in [-0.05, 0) is 36.8 Å². The van der Waals surface area contributed by atoms with Crippen LogP contribution in [0.15, 0.2) is 36.5 Å². The van der Waals surface area contributed by atoms with Crippen LogP contribution >= 0.6 is 0 Å². The summed E-state index contributed by atoms with van der Waals surface area (Å²) in [6, 6.07) is 8.78. The SMILES string of the molecule is COCCNC(=O)CN1C(=O)c2cccnc2Oc2ccc(C)cc21. The summed E-state index contributed by atoms with van der Waals surface area (Å²) in [4.78, 5) is 30.8. The van der Waals surface area contributed by atoms with Crippen LogP contribution in [0.4, 0.5) is 5.69 Å². The van der Waals surface area contributed by atoms with Crippen molar-refractivity contribution in [1.29, 1.82) is 0 Å². The second kappa shape index (κ2) is 7.31. The first-order chi connectivity index (χ1) is 12.1. The van der Waals surface area contributed by atoms with Crippen molar-refractivity contribution in [3.63, 3.8) is 0 Å². The van der Waals surface area contributed by atoms with Gasteiger partial charge in [0.1, 0.15) is 12.1 Å². The molecule has 1 aliphatic rings. The van der Waals surface area contributed by atoms with E-state index in [4.69, 9.17) is 9.47 Å². The van der Waals surface area contributed by atoms with Crippen molar-refractivity contribution in [3.05, 3.63) is 47.7 Å². The van der Waals surface area contributed by atoms with E-state index >= 15 is 0 Å². The van der Waals surface area contributed by atoms with Gasteiger partial charge in [0.25, 0.3) is 5.91 Å². The Morgan fingerprint density at radius 2 is 2.20 bits per heavy atom. The van der Waals surface area contributed by atoms with Crippen molar-refractivity contribution in [2.24, 2.45) is 0 Å². The smallest absolute Gasteiger partial charge is 0.264 e. The third-order valence-electron chi connectivity index (χ3n) is 3.79. The number of fused-ring (bicyclic) bond motifs is 2. The van der Waals surface area contributed by atoms with Crippen molar-refractivity contribution < 1.29 is 19.1 Å². The number of aromatic nitrogens is 1. The third kappa shape index (κ3) is 3.61. The molecule has 3 rings (SSSR count). The first-order valence-electron chi connectivity index (χ1n) is 7.91. The fourth-order valence-corrected chi connectivity index (χ4v) is 2.57. The van der Waals surface area contributed by atoms with E-state index in [0.29, 0.717) is 30.2 Å². The molecule has 1 aromatic carbocycles. The summed E-state index contributed by atoms with van der Waals surface area (Å²) in [5.74, 6) is 0.125. The number of hydrogen-bond donors (Lipinski definition) is 1. The van der Waals surface area contributed by atoms with E-state index in [2.05, 4.69) is 10.3 Å². The van der Waals surface area contributed by atoms with Crippen LogP contribution in [-0.2, 0) is 9.53 Å². The average Bonchev–Trinajstić information content (AvgIpc) is 2.71. The Bertz CT molecular complexity index is 807. The number of benzene rings is 1. The van der Waals surface area contributed by atoms with Gasteiger partial charge in [-0.15, -0.1) is 0 Å². The molecular weight excluding hydrogens is 322 g/mol. The molecule has 2 amide bonds. The number of carbonyl (C=O) groups excluding carboxylic acids is 2. The Morgan fingerprint density at radius 3 is 3.00 bits per heavy atom. The fourth-order valence-electron chi connectivity index (χ4n) is 2.57. The summed E-state index contributed by atoms with van der Waals surface area (Å²) in [7, 11) is 1.56. The van der Waals surface area contributed by atoms with Crippen molar-refractivity contribution in [2.45, 2.75) is 6.92 Å². The van der Waals surface area contributed by atoms with Gasteiger partial charge in [0, 0.05) is 19.9 Å². The number of rotatable bonds is 5. The van der Waals surface area contributed by atoms with Crippen molar-refractivity contribution in [2.75, 3.05) is 31.7 Å². The summed E-state index contributed by atoms with van der Waals surface area (Å²) in [5, 5.41) is 2.73. The highest BCUT2D eigenvalue weighted by Gasteiger charge is 2.30. The minimum atomic E-state index is -0.325. The third-order valence-corrected chi connectivity index (χ3v) is 3.79. The van der Waals surface area contributed by atoms with Crippen molar-refractivity contribution >= 4 is 17.5 Å². The zero-order valence-corrected chi connectivity index (χ0v) is 14.1. The normalized spacial score (nSPS) is 12.7. The molecule has 0 bridgehead atoms. The van der Waals surface area contributed by atoms with Gasteiger partial charge in [-0.1, -0.05) is 6.07 Å². The average molecular weight is 341 g/mol. The number of aryl methyl sites for hydroxylation is 1. The molecule has 0 spiro atoms. The van der Waals surface area contributed by atoms with Crippen LogP contribution in [-0.4, -0.2) is 43.6 Å². The van der Waals surface area contributed by atoms with Crippen LogP contribution < -0.4 is 15.0 Å². The van der Waals surface area contributed by atoms with E-state index in [1.807, 2.05) is 19.1 Å². The lowest BCUT2D eigenvalue weighted by molar-refractivity contribution is -0.119. The molecule has 0 fully saturated rings. The molecule has 0 saturated heterocycles. The zero-order valence-electron chi connectivity index (χ0n) is 14.1. The number of methoxy groups -OCH3 is 1. The van der Waals surface area contributed by atoms with E-state index in [1.165, 1.54) is 4.90 Å². The molecule has 2 heterocycles. The number of hydrogen-bond acceptors (Lipinski definition) is 5. The highest BCUT2D eigenvalue weighted by molar-refractivity contribution is 6.11. The number of anilines is 1.